The molecule has 0 atom stereocenters. The van der Waals surface area contributed by atoms with E-state index in [0.717, 1.165) is 5.71 Å². The van der Waals surface area contributed by atoms with Gasteiger partial charge in [0.05, 0.1) is 0 Å². The topological polar surface area (TPSA) is 58.5 Å². The van der Waals surface area contributed by atoms with Crippen molar-refractivity contribution < 1.29 is 8.42 Å². The van der Waals surface area contributed by atoms with E-state index < -0.39 is 15.6 Å². The lowest BCUT2D eigenvalue weighted by atomic mass is 10.1. The molecule has 1 N–H and O–H groups in total. The molecule has 1 aliphatic heterocycles. The zero-order valence-corrected chi connectivity index (χ0v) is 9.77. The van der Waals surface area contributed by atoms with E-state index in [-0.39, 0.29) is 5.03 Å². The van der Waals surface area contributed by atoms with Crippen molar-refractivity contribution in [3.05, 3.63) is 11.1 Å². The molecule has 0 radical (unpaired) electrons. The van der Waals surface area contributed by atoms with Crippen LogP contribution in [-0.2, 0) is 10.0 Å². The molecule has 0 amide bonds. The van der Waals surface area contributed by atoms with Gasteiger partial charge in [0.2, 0.25) is 0 Å². The van der Waals surface area contributed by atoms with Crippen LogP contribution in [0.2, 0.25) is 0 Å². The summed E-state index contributed by atoms with van der Waals surface area (Å²) in [5, 5.41) is 0.143. The van der Waals surface area contributed by atoms with Crippen LogP contribution in [0.4, 0.5) is 0 Å². The number of rotatable bonds is 2. The van der Waals surface area contributed by atoms with Gasteiger partial charge in [-0.2, -0.15) is 0 Å². The Bertz CT molecular complexity index is 386. The minimum absolute atomic E-state index is 0.143. The fourth-order valence-corrected chi connectivity index (χ4v) is 2.63. The standard InChI is InChI=1S/C9H16N2O2S/c1-7-5-6-8(10-7)14(12,13)11-9(2,3)4/h6,11H,5H2,1-4H3. The molecular weight excluding hydrogens is 200 g/mol. The molecule has 5 heteroatoms. The van der Waals surface area contributed by atoms with Crippen molar-refractivity contribution in [2.75, 3.05) is 0 Å². The van der Waals surface area contributed by atoms with E-state index in [0.29, 0.717) is 6.42 Å². The summed E-state index contributed by atoms with van der Waals surface area (Å²) in [7, 11) is -3.43. The number of nitrogens with one attached hydrogen (secondary N) is 1. The Kier molecular flexibility index (Phi) is 2.83. The Hall–Kier alpha value is -0.680. The highest BCUT2D eigenvalue weighted by molar-refractivity contribution is 7.93. The van der Waals surface area contributed by atoms with Gasteiger partial charge in [-0.05, 0) is 33.8 Å². The van der Waals surface area contributed by atoms with Gasteiger partial charge in [0, 0.05) is 17.7 Å². The summed E-state index contributed by atoms with van der Waals surface area (Å²) in [5.41, 5.74) is 0.366. The van der Waals surface area contributed by atoms with Crippen molar-refractivity contribution in [2.45, 2.75) is 39.7 Å². The van der Waals surface area contributed by atoms with Crippen LogP contribution < -0.4 is 4.72 Å². The predicted octanol–water partition coefficient (Wildman–Crippen LogP) is 1.41. The molecule has 0 bridgehead atoms. The maximum atomic E-state index is 11.7. The molecule has 1 rings (SSSR count). The third kappa shape index (κ3) is 2.92. The second kappa shape index (κ2) is 3.47. The first-order chi connectivity index (χ1) is 6.21. The number of sulfonamides is 1. The van der Waals surface area contributed by atoms with Crippen molar-refractivity contribution in [1.29, 1.82) is 0 Å². The summed E-state index contributed by atoms with van der Waals surface area (Å²) in [6, 6.07) is 0. The monoisotopic (exact) mass is 216 g/mol. The van der Waals surface area contributed by atoms with Crippen LogP contribution >= 0.6 is 0 Å². The summed E-state index contributed by atoms with van der Waals surface area (Å²) < 4.78 is 26.0. The summed E-state index contributed by atoms with van der Waals surface area (Å²) in [4.78, 5) is 3.97. The average molecular weight is 216 g/mol. The Morgan fingerprint density at radius 3 is 2.36 bits per heavy atom. The van der Waals surface area contributed by atoms with Gasteiger partial charge < -0.3 is 0 Å². The molecule has 0 saturated carbocycles. The highest BCUT2D eigenvalue weighted by Crippen LogP contribution is 2.17. The van der Waals surface area contributed by atoms with E-state index in [1.54, 1.807) is 26.8 Å². The number of allylic oxidation sites excluding steroid dienone is 1. The Morgan fingerprint density at radius 2 is 2.00 bits per heavy atom. The normalized spacial score (nSPS) is 18.0. The van der Waals surface area contributed by atoms with Gasteiger partial charge in [-0.1, -0.05) is 0 Å². The first kappa shape index (κ1) is 11.4. The van der Waals surface area contributed by atoms with Gasteiger partial charge in [-0.15, -0.1) is 0 Å². The quantitative estimate of drug-likeness (QED) is 0.758. The lowest BCUT2D eigenvalue weighted by Crippen LogP contribution is -2.40. The van der Waals surface area contributed by atoms with Gasteiger partial charge in [0.25, 0.3) is 10.0 Å². The minimum atomic E-state index is -3.43. The van der Waals surface area contributed by atoms with Crippen LogP contribution in [0.5, 0.6) is 0 Å². The van der Waals surface area contributed by atoms with Crippen LogP contribution in [0.3, 0.4) is 0 Å². The smallest absolute Gasteiger partial charge is 0.245 e. The van der Waals surface area contributed by atoms with E-state index >= 15 is 0 Å². The Morgan fingerprint density at radius 1 is 1.43 bits per heavy atom. The summed E-state index contributed by atoms with van der Waals surface area (Å²) in [5.74, 6) is 0. The number of hydrogen-bond donors (Lipinski definition) is 1. The van der Waals surface area contributed by atoms with Crippen LogP contribution in [-0.4, -0.2) is 19.7 Å². The fraction of sp³-hybridized carbons (Fsp3) is 0.667. The largest absolute Gasteiger partial charge is 0.258 e. The molecule has 80 valence electrons. The molecule has 0 aromatic rings. The van der Waals surface area contributed by atoms with Crippen LogP contribution in [0.25, 0.3) is 0 Å². The Balaban J connectivity index is 2.88. The highest BCUT2D eigenvalue weighted by atomic mass is 32.2. The van der Waals surface area contributed by atoms with Gasteiger partial charge in [-0.25, -0.2) is 18.1 Å². The van der Waals surface area contributed by atoms with Crippen molar-refractivity contribution in [3.8, 4) is 0 Å². The summed E-state index contributed by atoms with van der Waals surface area (Å²) in [6.45, 7) is 7.22. The van der Waals surface area contributed by atoms with Gasteiger partial charge >= 0.3 is 0 Å². The maximum absolute atomic E-state index is 11.7. The summed E-state index contributed by atoms with van der Waals surface area (Å²) >= 11 is 0. The predicted molar refractivity (Wildman–Crippen MR) is 57.6 cm³/mol. The molecule has 0 unspecified atom stereocenters. The molecule has 4 nitrogen and oxygen atoms in total. The van der Waals surface area contributed by atoms with E-state index in [1.807, 2.05) is 6.92 Å². The second-order valence-corrected chi connectivity index (χ2v) is 6.08. The SMILES string of the molecule is CC1=NC(S(=O)(=O)NC(C)(C)C)=CC1. The first-order valence-electron chi connectivity index (χ1n) is 4.49. The van der Waals surface area contributed by atoms with Crippen molar-refractivity contribution in [3.63, 3.8) is 0 Å². The third-order valence-corrected chi connectivity index (χ3v) is 3.28. The molecule has 0 spiro atoms. The highest BCUT2D eigenvalue weighted by Gasteiger charge is 2.25. The third-order valence-electron chi connectivity index (χ3n) is 1.59. The van der Waals surface area contributed by atoms with E-state index in [2.05, 4.69) is 9.71 Å². The Labute approximate surface area is 85.2 Å². The van der Waals surface area contributed by atoms with E-state index in [4.69, 9.17) is 0 Å². The lowest BCUT2D eigenvalue weighted by molar-refractivity contribution is 0.495. The molecule has 1 heterocycles. The van der Waals surface area contributed by atoms with Gasteiger partial charge in [-0.3, -0.25) is 0 Å². The van der Waals surface area contributed by atoms with Gasteiger partial charge in [0.1, 0.15) is 0 Å². The fourth-order valence-electron chi connectivity index (χ4n) is 1.14. The number of hydrogen-bond acceptors (Lipinski definition) is 3. The van der Waals surface area contributed by atoms with E-state index in [1.165, 1.54) is 0 Å². The van der Waals surface area contributed by atoms with Crippen LogP contribution in [0, 0.1) is 0 Å². The molecule has 0 saturated heterocycles. The second-order valence-electron chi connectivity index (χ2n) is 4.45. The van der Waals surface area contributed by atoms with Crippen molar-refractivity contribution >= 4 is 15.7 Å². The molecule has 0 aromatic carbocycles. The lowest BCUT2D eigenvalue weighted by Gasteiger charge is -2.19. The minimum Gasteiger partial charge on any atom is -0.245 e. The summed E-state index contributed by atoms with van der Waals surface area (Å²) in [6.07, 6.45) is 2.25. The molecule has 0 aliphatic carbocycles. The van der Waals surface area contributed by atoms with E-state index in [9.17, 15) is 8.42 Å². The number of nitrogens with zero attached hydrogens (tertiary/aromatic N) is 1. The first-order valence-corrected chi connectivity index (χ1v) is 5.97. The zero-order chi connectivity index (χ0) is 11.0. The molecular formula is C9H16N2O2S. The van der Waals surface area contributed by atoms with Gasteiger partial charge in [0.15, 0.2) is 5.03 Å². The zero-order valence-electron chi connectivity index (χ0n) is 8.96. The molecule has 14 heavy (non-hydrogen) atoms. The maximum Gasteiger partial charge on any atom is 0.258 e. The number of aliphatic imine (C=N–C) groups is 1. The van der Waals surface area contributed by atoms with Crippen LogP contribution in [0.15, 0.2) is 16.1 Å². The molecule has 1 aliphatic rings. The molecule has 0 aromatic heterocycles. The molecule has 0 fully saturated rings. The van der Waals surface area contributed by atoms with Crippen LogP contribution in [0.1, 0.15) is 34.1 Å². The van der Waals surface area contributed by atoms with Crippen molar-refractivity contribution in [2.24, 2.45) is 4.99 Å². The average Bonchev–Trinajstić information content (AvgIpc) is 2.29. The van der Waals surface area contributed by atoms with Crippen molar-refractivity contribution in [1.82, 2.24) is 4.72 Å².